The molecule has 16 nitrogen and oxygen atoms in total. The second kappa shape index (κ2) is 28.3. The Hall–Kier alpha value is -8.18. The molecule has 3 N–H and O–H groups in total. The fourth-order valence-corrected chi connectivity index (χ4v) is 12.0. The third kappa shape index (κ3) is 16.2. The number of nitrogens with one attached hydrogen (secondary N) is 3. The van der Waals surface area contributed by atoms with Gasteiger partial charge < -0.3 is 39.8 Å². The number of methoxy groups -OCH3 is 1. The molecule has 3 fully saturated rings. The molecule has 3 heterocycles. The molecular formula is C65H68Cl2F7N7O9. The van der Waals surface area contributed by atoms with Crippen LogP contribution in [0.25, 0.3) is 0 Å². The Kier molecular flexibility index (Phi) is 21.3. The number of carbonyl (C=O) groups is 5. The van der Waals surface area contributed by atoms with Crippen molar-refractivity contribution in [1.29, 1.82) is 0 Å². The minimum absolute atomic E-state index is 0.0738. The molecule has 2 bridgehead atoms. The van der Waals surface area contributed by atoms with E-state index in [1.165, 1.54) is 47.6 Å². The number of carbonyl (C=O) groups excluding carboxylic acids is 5. The molecule has 2 unspecified atom stereocenters. The second-order valence-electron chi connectivity index (χ2n) is 23.2. The average molecular weight is 1300 g/mol. The Morgan fingerprint density at radius 1 is 0.700 bits per heavy atom. The maximum atomic E-state index is 14.9. The van der Waals surface area contributed by atoms with Gasteiger partial charge in [0.15, 0.2) is 6.04 Å². The fourth-order valence-electron chi connectivity index (χ4n) is 11.7. The molecule has 0 spiro atoms. The van der Waals surface area contributed by atoms with Crippen LogP contribution in [0.1, 0.15) is 93.1 Å². The number of nitrogens with zero attached hydrogens (tertiary/aromatic N) is 4. The van der Waals surface area contributed by atoms with Crippen molar-refractivity contribution in [1.82, 2.24) is 35.7 Å². The van der Waals surface area contributed by atoms with Gasteiger partial charge in [0.2, 0.25) is 6.17 Å². The summed E-state index contributed by atoms with van der Waals surface area (Å²) in [5.74, 6) is -2.81. The number of hydrogen-bond acceptors (Lipinski definition) is 11. The number of esters is 2. The lowest BCUT2D eigenvalue weighted by Gasteiger charge is -2.42. The Morgan fingerprint density at radius 2 is 1.28 bits per heavy atom. The third-order valence-corrected chi connectivity index (χ3v) is 16.4. The van der Waals surface area contributed by atoms with Gasteiger partial charge in [-0.1, -0.05) is 96.0 Å². The minimum Gasteiger partial charge on any atom is -0.467 e. The first kappa shape index (κ1) is 67.7. The highest BCUT2D eigenvalue weighted by molar-refractivity contribution is 6.30. The number of ether oxygens (including phenoxy) is 4. The summed E-state index contributed by atoms with van der Waals surface area (Å²) < 4.78 is 120. The quantitative estimate of drug-likeness (QED) is 0.0447. The number of aromatic nitrogens is 2. The molecule has 2 aromatic heterocycles. The van der Waals surface area contributed by atoms with Crippen molar-refractivity contribution in [2.75, 3.05) is 33.4 Å². The highest BCUT2D eigenvalue weighted by Gasteiger charge is 2.53. The normalized spacial score (nSPS) is 19.8. The molecule has 8 atom stereocenters. The summed E-state index contributed by atoms with van der Waals surface area (Å²) in [7, 11) is 1.13. The number of hydrogen-bond donors (Lipinski definition) is 3. The number of amides is 5. The van der Waals surface area contributed by atoms with Crippen LogP contribution < -0.4 is 20.7 Å². The lowest BCUT2D eigenvalue weighted by molar-refractivity contribution is -0.215. The maximum absolute atomic E-state index is 14.9. The lowest BCUT2D eigenvalue weighted by atomic mass is 9.79. The Labute approximate surface area is 526 Å². The summed E-state index contributed by atoms with van der Waals surface area (Å²) >= 11 is 12.3. The first-order chi connectivity index (χ1) is 42.5. The van der Waals surface area contributed by atoms with Crippen LogP contribution in [0.3, 0.4) is 0 Å². The number of urea groups is 2. The predicted octanol–water partition coefficient (Wildman–Crippen LogP) is 13.0. The van der Waals surface area contributed by atoms with Crippen molar-refractivity contribution < 1.29 is 73.7 Å². The number of halogens is 9. The van der Waals surface area contributed by atoms with Crippen LogP contribution in [0.2, 0.25) is 10.0 Å². The third-order valence-electron chi connectivity index (χ3n) is 15.9. The van der Waals surface area contributed by atoms with Gasteiger partial charge in [-0.05, 0) is 143 Å². The zero-order valence-corrected chi connectivity index (χ0v) is 51.5. The fraction of sp³-hybridized carbons (Fsp3) is 0.400. The van der Waals surface area contributed by atoms with E-state index in [1.807, 2.05) is 30.3 Å². The number of alkyl halides is 6. The molecule has 2 aliphatic carbocycles. The van der Waals surface area contributed by atoms with Crippen LogP contribution in [0.5, 0.6) is 5.75 Å². The molecule has 6 aromatic rings. The molecular weight excluding hydrogens is 1230 g/mol. The number of benzene rings is 4. The molecule has 9 rings (SSSR count). The maximum Gasteiger partial charge on any atom is 0.429 e. The van der Waals surface area contributed by atoms with Gasteiger partial charge >= 0.3 is 42.4 Å². The standard InChI is InChI=1S/C33H35ClF3N3O4.C32H33ClF4N4O5/c1-3-43-30(41)28-22-12-13-23(16-22)29(28)39-31(42)40-32(18-21-8-5-4-6-9-21,27-15-14-25(34)19-38-27)24-10-7-11-26(17-24)44-33(36,37)20(2)35;1-30(2,3)46-29(44)41-13-12-40(19-25(41)27(42)45-4)28(43)39-31(17-20-8-6-5-7-9-20,26-11-10-23(33)18-38-26)21-14-22(32(35,36)37)16-24(34)15-21/h4-11,14-15,17,19-20,22-23,28-29H,3,12-13,16,18H2,1-2H3,(H2,39,40,42);5-11,14-16,18,25H,12-13,17,19H2,1-4H3,(H,39,43)/t20?,22-,23+,28-,29+,32+;25?,31-/m01/s1. The van der Waals surface area contributed by atoms with Crippen molar-refractivity contribution in [2.45, 2.75) is 114 Å². The number of piperazine rings is 1. The summed E-state index contributed by atoms with van der Waals surface area (Å²) in [6.07, 6.45) is -7.00. The Balaban J connectivity index is 0.000000232. The van der Waals surface area contributed by atoms with Gasteiger partial charge in [-0.25, -0.2) is 28.0 Å². The van der Waals surface area contributed by atoms with Gasteiger partial charge in [-0.2, -0.15) is 22.0 Å². The van der Waals surface area contributed by atoms with E-state index in [-0.39, 0.29) is 78.9 Å². The van der Waals surface area contributed by atoms with Gasteiger partial charge in [-0.3, -0.25) is 19.7 Å². The van der Waals surface area contributed by atoms with Crippen LogP contribution in [0, 0.1) is 23.6 Å². The summed E-state index contributed by atoms with van der Waals surface area (Å²) in [5.41, 5.74) is -3.46. The molecule has 25 heteroatoms. The molecule has 1 saturated heterocycles. The van der Waals surface area contributed by atoms with Crippen molar-refractivity contribution in [3.63, 3.8) is 0 Å². The van der Waals surface area contributed by atoms with E-state index >= 15 is 0 Å². The topological polar surface area (TPSA) is 191 Å². The van der Waals surface area contributed by atoms with Gasteiger partial charge in [0, 0.05) is 44.4 Å². The Morgan fingerprint density at radius 3 is 1.81 bits per heavy atom. The van der Waals surface area contributed by atoms with Crippen LogP contribution in [0.15, 0.2) is 140 Å². The zero-order valence-electron chi connectivity index (χ0n) is 50.0. The van der Waals surface area contributed by atoms with Crippen molar-refractivity contribution in [3.05, 3.63) is 195 Å². The van der Waals surface area contributed by atoms with Crippen LogP contribution >= 0.6 is 23.2 Å². The molecule has 480 valence electrons. The highest BCUT2D eigenvalue weighted by Crippen LogP contribution is 2.49. The van der Waals surface area contributed by atoms with E-state index in [0.29, 0.717) is 34.8 Å². The second-order valence-corrected chi connectivity index (χ2v) is 24.1. The number of fused-ring (bicyclic) bond motifs is 2. The zero-order chi connectivity index (χ0) is 65.3. The first-order valence-electron chi connectivity index (χ1n) is 29.0. The van der Waals surface area contributed by atoms with Crippen molar-refractivity contribution in [3.8, 4) is 5.75 Å². The van der Waals surface area contributed by atoms with Gasteiger partial charge in [-0.15, -0.1) is 0 Å². The Bertz CT molecular complexity index is 3480. The van der Waals surface area contributed by atoms with Gasteiger partial charge in [0.1, 0.15) is 28.2 Å². The summed E-state index contributed by atoms with van der Waals surface area (Å²) in [5, 5.41) is 9.56. The molecule has 5 amide bonds. The first-order valence-corrected chi connectivity index (χ1v) is 29.7. The van der Waals surface area contributed by atoms with Crippen molar-refractivity contribution >= 4 is 53.3 Å². The molecule has 0 radical (unpaired) electrons. The van der Waals surface area contributed by atoms with E-state index in [2.05, 4.69) is 25.9 Å². The van der Waals surface area contributed by atoms with Crippen LogP contribution in [-0.4, -0.2) is 113 Å². The summed E-state index contributed by atoms with van der Waals surface area (Å²) in [6.45, 7) is 7.17. The smallest absolute Gasteiger partial charge is 0.429 e. The van der Waals surface area contributed by atoms with Crippen LogP contribution in [-0.2, 0) is 53.9 Å². The summed E-state index contributed by atoms with van der Waals surface area (Å²) in [4.78, 5) is 78.0. The SMILES string of the molecule is CCOC(=O)[C@H]1[C@H]2CC[C@H](C2)[C@H]1NC(=O)N[C@](Cc1ccccc1)(c1cccc(OC(F)(F)C(C)F)c1)c1ccc(Cl)cn1.COC(=O)C1CN(C(=O)N[C@](Cc2ccccc2)(c2cc(F)cc(C(F)(F)F)c2)c2ccc(Cl)cn2)CCN1C(=O)OC(C)(C)C. The van der Waals surface area contributed by atoms with E-state index < -0.39 is 88.6 Å². The molecule has 1 aliphatic heterocycles. The van der Waals surface area contributed by atoms with E-state index in [9.17, 15) is 54.7 Å². The average Bonchev–Trinajstić information content (AvgIpc) is 1.47. The molecule has 90 heavy (non-hydrogen) atoms. The van der Waals surface area contributed by atoms with E-state index in [4.69, 9.17) is 42.1 Å². The highest BCUT2D eigenvalue weighted by atomic mass is 35.5. The van der Waals surface area contributed by atoms with E-state index in [1.54, 1.807) is 76.2 Å². The number of pyridine rings is 2. The minimum atomic E-state index is -4.90. The molecule has 3 aliphatic rings. The van der Waals surface area contributed by atoms with Crippen molar-refractivity contribution in [2.24, 2.45) is 17.8 Å². The predicted molar refractivity (Wildman–Crippen MR) is 320 cm³/mol. The molecule has 2 saturated carbocycles. The van der Waals surface area contributed by atoms with Gasteiger partial charge in [0.05, 0.1) is 53.2 Å². The lowest BCUT2D eigenvalue weighted by Crippen LogP contribution is -2.63. The number of rotatable bonds is 17. The van der Waals surface area contributed by atoms with Crippen LogP contribution in [0.4, 0.5) is 45.1 Å². The van der Waals surface area contributed by atoms with Gasteiger partial charge in [0.25, 0.3) is 0 Å². The monoisotopic (exact) mass is 1290 g/mol. The largest absolute Gasteiger partial charge is 0.467 e. The summed E-state index contributed by atoms with van der Waals surface area (Å²) in [6, 6.07) is 28.8. The van der Waals surface area contributed by atoms with E-state index in [0.717, 1.165) is 49.0 Å². The molecule has 4 aromatic carbocycles.